The van der Waals surface area contributed by atoms with Gasteiger partial charge >= 0.3 is 0 Å². The van der Waals surface area contributed by atoms with Gasteiger partial charge in [-0.1, -0.05) is 31.2 Å². The summed E-state index contributed by atoms with van der Waals surface area (Å²) < 4.78 is 9.16. The zero-order chi connectivity index (χ0) is 25.8. The summed E-state index contributed by atoms with van der Waals surface area (Å²) in [5, 5.41) is 15.5. The van der Waals surface area contributed by atoms with Crippen molar-refractivity contribution in [1.82, 2.24) is 35.0 Å². The van der Waals surface area contributed by atoms with E-state index in [0.717, 1.165) is 35.5 Å². The van der Waals surface area contributed by atoms with Crippen LogP contribution >= 0.6 is 0 Å². The van der Waals surface area contributed by atoms with Crippen molar-refractivity contribution >= 4 is 11.8 Å². The third-order valence-corrected chi connectivity index (χ3v) is 6.68. The van der Waals surface area contributed by atoms with Crippen LogP contribution in [0.1, 0.15) is 50.9 Å². The topological polar surface area (TPSA) is 107 Å². The predicted molar refractivity (Wildman–Crippen MR) is 135 cm³/mol. The number of ether oxygens (including phenoxy) is 1. The summed E-state index contributed by atoms with van der Waals surface area (Å²) in [6.07, 6.45) is 4.98. The summed E-state index contributed by atoms with van der Waals surface area (Å²) in [6.45, 7) is 9.48. The number of benzene rings is 1. The summed E-state index contributed by atoms with van der Waals surface area (Å²) in [6, 6.07) is 6.89. The van der Waals surface area contributed by atoms with Gasteiger partial charge in [-0.05, 0) is 44.7 Å². The highest BCUT2D eigenvalue weighted by Gasteiger charge is 2.39. The zero-order valence-electron chi connectivity index (χ0n) is 21.6. The quantitative estimate of drug-likeness (QED) is 0.491. The van der Waals surface area contributed by atoms with E-state index in [1.165, 1.54) is 0 Å². The lowest BCUT2D eigenvalue weighted by Crippen LogP contribution is -2.48. The molecule has 1 aliphatic rings. The first-order chi connectivity index (χ1) is 17.3. The van der Waals surface area contributed by atoms with Gasteiger partial charge in [0.2, 0.25) is 11.8 Å². The number of nitrogens with zero attached hydrogens (tertiary/aromatic N) is 6. The molecule has 1 aliphatic heterocycles. The maximum atomic E-state index is 13.5. The number of carbonyl (C=O) groups excluding carboxylic acids is 2. The van der Waals surface area contributed by atoms with Crippen molar-refractivity contribution in [1.29, 1.82) is 0 Å². The third kappa shape index (κ3) is 5.12. The second-order valence-electron chi connectivity index (χ2n) is 9.50. The molecule has 2 amide bonds. The van der Waals surface area contributed by atoms with Crippen molar-refractivity contribution in [2.45, 2.75) is 65.7 Å². The number of hydrogen-bond donors (Lipinski definition) is 1. The van der Waals surface area contributed by atoms with Gasteiger partial charge in [0, 0.05) is 43.2 Å². The lowest BCUT2D eigenvalue weighted by atomic mass is 10.0. The van der Waals surface area contributed by atoms with Gasteiger partial charge in [0.25, 0.3) is 0 Å². The second kappa shape index (κ2) is 10.9. The molecule has 0 saturated carbocycles. The molecule has 4 rings (SSSR count). The molecule has 3 aromatic rings. The smallest absolute Gasteiger partial charge is 0.248 e. The van der Waals surface area contributed by atoms with E-state index >= 15 is 0 Å². The Morgan fingerprint density at radius 3 is 2.72 bits per heavy atom. The Bertz CT molecular complexity index is 1220. The Hall–Kier alpha value is -3.69. The summed E-state index contributed by atoms with van der Waals surface area (Å²) >= 11 is 0. The molecular formula is C26H35N7O3. The SMILES string of the molecule is CCn1nccc1-c1ccc(CNC(=O)[C@@H]2CCCN2C(=O)[C@H](C(C)C)n2cc(C)nn2)c(OC)c1. The van der Waals surface area contributed by atoms with E-state index in [-0.39, 0.29) is 17.7 Å². The van der Waals surface area contributed by atoms with Crippen LogP contribution in [-0.4, -0.2) is 61.2 Å². The van der Waals surface area contributed by atoms with Gasteiger partial charge in [-0.25, -0.2) is 4.68 Å². The number of amides is 2. The minimum Gasteiger partial charge on any atom is -0.496 e. The van der Waals surface area contributed by atoms with Gasteiger partial charge in [0.15, 0.2) is 0 Å². The van der Waals surface area contributed by atoms with E-state index in [9.17, 15) is 9.59 Å². The van der Waals surface area contributed by atoms with Crippen LogP contribution in [0.15, 0.2) is 36.7 Å². The van der Waals surface area contributed by atoms with Crippen LogP contribution in [-0.2, 0) is 22.7 Å². The van der Waals surface area contributed by atoms with E-state index in [2.05, 4.69) is 20.7 Å². The molecule has 0 spiro atoms. The number of nitrogens with one attached hydrogen (secondary N) is 1. The number of hydrogen-bond acceptors (Lipinski definition) is 6. The normalized spacial score (nSPS) is 16.4. The molecule has 1 saturated heterocycles. The summed E-state index contributed by atoms with van der Waals surface area (Å²) in [5.41, 5.74) is 3.63. The van der Waals surface area contributed by atoms with Crippen LogP contribution < -0.4 is 10.1 Å². The highest BCUT2D eigenvalue weighted by molar-refractivity contribution is 5.89. The largest absolute Gasteiger partial charge is 0.496 e. The average molecular weight is 494 g/mol. The van der Waals surface area contributed by atoms with Gasteiger partial charge in [-0.15, -0.1) is 5.10 Å². The molecule has 0 radical (unpaired) electrons. The first kappa shape index (κ1) is 25.4. The molecule has 0 aliphatic carbocycles. The Balaban J connectivity index is 1.46. The van der Waals surface area contributed by atoms with Gasteiger partial charge in [-0.3, -0.25) is 14.3 Å². The first-order valence-electron chi connectivity index (χ1n) is 12.5. The molecule has 2 aromatic heterocycles. The van der Waals surface area contributed by atoms with Gasteiger partial charge < -0.3 is 15.0 Å². The monoisotopic (exact) mass is 493 g/mol. The van der Waals surface area contributed by atoms with Crippen LogP contribution in [0, 0.1) is 12.8 Å². The number of aromatic nitrogens is 5. The Morgan fingerprint density at radius 2 is 2.06 bits per heavy atom. The van der Waals surface area contributed by atoms with Crippen LogP contribution in [0.3, 0.4) is 0 Å². The Morgan fingerprint density at radius 1 is 1.25 bits per heavy atom. The number of methoxy groups -OCH3 is 1. The van der Waals surface area contributed by atoms with Crippen molar-refractivity contribution < 1.29 is 14.3 Å². The van der Waals surface area contributed by atoms with Gasteiger partial charge in [0.1, 0.15) is 17.8 Å². The van der Waals surface area contributed by atoms with E-state index in [4.69, 9.17) is 4.74 Å². The summed E-state index contributed by atoms with van der Waals surface area (Å²) in [5.74, 6) is 0.447. The minimum absolute atomic E-state index is 0.00898. The molecule has 1 aromatic carbocycles. The molecule has 2 atom stereocenters. The number of likely N-dealkylation sites (tertiary alicyclic amines) is 1. The molecule has 36 heavy (non-hydrogen) atoms. The summed E-state index contributed by atoms with van der Waals surface area (Å²) in [7, 11) is 1.62. The molecule has 192 valence electrons. The lowest BCUT2D eigenvalue weighted by Gasteiger charge is -2.30. The minimum atomic E-state index is -0.507. The van der Waals surface area contributed by atoms with Crippen LogP contribution in [0.5, 0.6) is 5.75 Å². The fraction of sp³-hybridized carbons (Fsp3) is 0.500. The van der Waals surface area contributed by atoms with Crippen molar-refractivity contribution in [3.63, 3.8) is 0 Å². The summed E-state index contributed by atoms with van der Waals surface area (Å²) in [4.78, 5) is 28.4. The number of aryl methyl sites for hydroxylation is 2. The fourth-order valence-corrected chi connectivity index (χ4v) is 4.86. The van der Waals surface area contributed by atoms with E-state index in [0.29, 0.717) is 25.3 Å². The highest BCUT2D eigenvalue weighted by atomic mass is 16.5. The van der Waals surface area contributed by atoms with E-state index in [1.54, 1.807) is 29.1 Å². The van der Waals surface area contributed by atoms with Crippen molar-refractivity contribution in [3.8, 4) is 17.0 Å². The van der Waals surface area contributed by atoms with Crippen LogP contribution in [0.25, 0.3) is 11.3 Å². The van der Waals surface area contributed by atoms with Crippen molar-refractivity contribution in [2.75, 3.05) is 13.7 Å². The predicted octanol–water partition coefficient (Wildman–Crippen LogP) is 2.98. The molecular weight excluding hydrogens is 458 g/mol. The van der Waals surface area contributed by atoms with E-state index in [1.807, 2.05) is 56.6 Å². The number of carbonyl (C=O) groups is 2. The average Bonchev–Trinajstić information content (AvgIpc) is 3.63. The molecule has 10 heteroatoms. The maximum absolute atomic E-state index is 13.5. The van der Waals surface area contributed by atoms with E-state index < -0.39 is 12.1 Å². The second-order valence-corrected chi connectivity index (χ2v) is 9.50. The van der Waals surface area contributed by atoms with Gasteiger partial charge in [0.05, 0.1) is 18.5 Å². The van der Waals surface area contributed by atoms with Crippen molar-refractivity contribution in [3.05, 3.63) is 47.9 Å². The van der Waals surface area contributed by atoms with Crippen LogP contribution in [0.4, 0.5) is 0 Å². The lowest BCUT2D eigenvalue weighted by molar-refractivity contribution is -0.142. The molecule has 3 heterocycles. The third-order valence-electron chi connectivity index (χ3n) is 6.68. The Kier molecular flexibility index (Phi) is 7.71. The highest BCUT2D eigenvalue weighted by Crippen LogP contribution is 2.29. The molecule has 1 N–H and O–H groups in total. The van der Waals surface area contributed by atoms with Crippen LogP contribution in [0.2, 0.25) is 0 Å². The zero-order valence-corrected chi connectivity index (χ0v) is 21.6. The standard InChI is InChI=1S/C26H35N7O3/c1-6-32-21(11-12-28-32)19-9-10-20(23(14-19)36-5)15-27-25(34)22-8-7-13-31(22)26(35)24(17(2)3)33-16-18(4)29-30-33/h9-12,14,16-17,22,24H,6-8,13,15H2,1-5H3,(H,27,34)/t22-,24-/m0/s1. The first-order valence-corrected chi connectivity index (χ1v) is 12.5. The van der Waals surface area contributed by atoms with Crippen molar-refractivity contribution in [2.24, 2.45) is 5.92 Å². The Labute approximate surface area is 211 Å². The molecule has 0 unspecified atom stereocenters. The maximum Gasteiger partial charge on any atom is 0.248 e. The number of rotatable bonds is 9. The fourth-order valence-electron chi connectivity index (χ4n) is 4.86. The molecule has 1 fully saturated rings. The molecule has 10 nitrogen and oxygen atoms in total. The van der Waals surface area contributed by atoms with Gasteiger partial charge in [-0.2, -0.15) is 5.10 Å². The molecule has 0 bridgehead atoms.